The van der Waals surface area contributed by atoms with Crippen molar-refractivity contribution in [3.63, 3.8) is 0 Å². The lowest BCUT2D eigenvalue weighted by Gasteiger charge is -2.01. The van der Waals surface area contributed by atoms with Crippen molar-refractivity contribution < 1.29 is 20.1 Å². The predicted molar refractivity (Wildman–Crippen MR) is 41.6 cm³/mol. The summed E-state index contributed by atoms with van der Waals surface area (Å²) in [5.74, 6) is -0.340. The molecule has 0 aliphatic rings. The second-order valence-corrected chi connectivity index (χ2v) is 1.86. The van der Waals surface area contributed by atoms with Crippen LogP contribution in [0, 0.1) is 0 Å². The Bertz CT molecular complexity index is 94.6. The van der Waals surface area contributed by atoms with Gasteiger partial charge >= 0.3 is 5.97 Å². The first-order valence-electron chi connectivity index (χ1n) is 3.00. The Morgan fingerprint density at radius 1 is 1.64 bits per heavy atom. The van der Waals surface area contributed by atoms with Gasteiger partial charge in [-0.3, -0.25) is 4.79 Å². The molecule has 0 aromatic heterocycles. The van der Waals surface area contributed by atoms with E-state index in [-0.39, 0.29) is 24.0 Å². The van der Waals surface area contributed by atoms with Crippen LogP contribution in [0.5, 0.6) is 0 Å². The van der Waals surface area contributed by atoms with E-state index < -0.39 is 6.10 Å². The van der Waals surface area contributed by atoms with E-state index in [0.717, 1.165) is 0 Å². The van der Waals surface area contributed by atoms with Crippen LogP contribution in [0.15, 0.2) is 0 Å². The molecular formula is C6H17NO4. The lowest BCUT2D eigenvalue weighted by molar-refractivity contribution is -0.145. The van der Waals surface area contributed by atoms with Crippen LogP contribution in [0.25, 0.3) is 0 Å². The summed E-state index contributed by atoms with van der Waals surface area (Å²) in [4.78, 5) is 10.5. The summed E-state index contributed by atoms with van der Waals surface area (Å²) in [5, 5.41) is 8.65. The van der Waals surface area contributed by atoms with Gasteiger partial charge in [0.15, 0.2) is 0 Å². The molecule has 0 spiro atoms. The Hall–Kier alpha value is -0.650. The Labute approximate surface area is 66.2 Å². The molecule has 1 atom stereocenters. The maximum Gasteiger partial charge on any atom is 0.308 e. The standard InChI is InChI=1S/C6H12O3.H3N.H2O/c1-3-9-6(8)4-5(2)7;;/h5,7H,3-4H2,1-2H3;1H3;1H2. The normalized spacial score (nSPS) is 10.5. The zero-order valence-corrected chi connectivity index (χ0v) is 6.96. The molecule has 6 N–H and O–H groups in total. The van der Waals surface area contributed by atoms with Gasteiger partial charge in [0.1, 0.15) is 0 Å². The summed E-state index contributed by atoms with van der Waals surface area (Å²) in [6, 6.07) is 0. The van der Waals surface area contributed by atoms with Gasteiger partial charge < -0.3 is 21.5 Å². The molecule has 0 aromatic rings. The molecule has 0 radical (unpaired) electrons. The highest BCUT2D eigenvalue weighted by molar-refractivity contribution is 5.69. The molecule has 0 aliphatic heterocycles. The van der Waals surface area contributed by atoms with E-state index in [9.17, 15) is 4.79 Å². The lowest BCUT2D eigenvalue weighted by Crippen LogP contribution is -2.11. The van der Waals surface area contributed by atoms with Gasteiger partial charge in [-0.25, -0.2) is 0 Å². The van der Waals surface area contributed by atoms with Crippen molar-refractivity contribution in [2.75, 3.05) is 6.61 Å². The molecule has 0 aliphatic carbocycles. The predicted octanol–water partition coefficient (Wildman–Crippen LogP) is -0.342. The minimum absolute atomic E-state index is 0. The summed E-state index contributed by atoms with van der Waals surface area (Å²) in [6.45, 7) is 3.67. The van der Waals surface area contributed by atoms with Crippen molar-refractivity contribution in [1.29, 1.82) is 0 Å². The van der Waals surface area contributed by atoms with E-state index in [0.29, 0.717) is 6.61 Å². The van der Waals surface area contributed by atoms with Gasteiger partial charge in [-0.05, 0) is 13.8 Å². The fraction of sp³-hybridized carbons (Fsp3) is 0.833. The van der Waals surface area contributed by atoms with Gasteiger partial charge in [0.05, 0.1) is 19.1 Å². The van der Waals surface area contributed by atoms with Crippen LogP contribution in [0.4, 0.5) is 0 Å². The third kappa shape index (κ3) is 12.5. The van der Waals surface area contributed by atoms with Crippen LogP contribution in [0.2, 0.25) is 0 Å². The van der Waals surface area contributed by atoms with Gasteiger partial charge in [-0.1, -0.05) is 0 Å². The van der Waals surface area contributed by atoms with Gasteiger partial charge in [0, 0.05) is 0 Å². The van der Waals surface area contributed by atoms with Crippen LogP contribution >= 0.6 is 0 Å². The highest BCUT2D eigenvalue weighted by Crippen LogP contribution is 1.91. The topological polar surface area (TPSA) is 113 Å². The summed E-state index contributed by atoms with van der Waals surface area (Å²) < 4.78 is 4.55. The molecule has 0 amide bonds. The number of rotatable bonds is 3. The number of ether oxygens (including phenoxy) is 1. The van der Waals surface area contributed by atoms with Crippen molar-refractivity contribution in [3.8, 4) is 0 Å². The quantitative estimate of drug-likeness (QED) is 0.559. The molecule has 0 saturated carbocycles. The van der Waals surface area contributed by atoms with Crippen LogP contribution in [-0.2, 0) is 9.53 Å². The molecule has 5 heteroatoms. The number of carbonyl (C=O) groups excluding carboxylic acids is 1. The van der Waals surface area contributed by atoms with Gasteiger partial charge in [0.25, 0.3) is 0 Å². The lowest BCUT2D eigenvalue weighted by atomic mass is 10.3. The smallest absolute Gasteiger partial charge is 0.308 e. The molecule has 0 heterocycles. The van der Waals surface area contributed by atoms with Gasteiger partial charge in [-0.2, -0.15) is 0 Å². The zero-order valence-electron chi connectivity index (χ0n) is 6.96. The van der Waals surface area contributed by atoms with E-state index in [4.69, 9.17) is 5.11 Å². The molecule has 0 rings (SSSR count). The molecular weight excluding hydrogens is 150 g/mol. The molecule has 1 unspecified atom stereocenters. The average Bonchev–Trinajstić information content (AvgIpc) is 1.63. The number of esters is 1. The van der Waals surface area contributed by atoms with Crippen molar-refractivity contribution in [1.82, 2.24) is 6.15 Å². The number of aliphatic hydroxyl groups excluding tert-OH is 1. The Morgan fingerprint density at radius 3 is 2.36 bits per heavy atom. The van der Waals surface area contributed by atoms with E-state index in [1.54, 1.807) is 13.8 Å². The Balaban J connectivity index is -0.000000320. The number of carbonyl (C=O) groups is 1. The van der Waals surface area contributed by atoms with Crippen molar-refractivity contribution in [2.45, 2.75) is 26.4 Å². The van der Waals surface area contributed by atoms with E-state index in [1.165, 1.54) is 0 Å². The van der Waals surface area contributed by atoms with Crippen LogP contribution in [-0.4, -0.2) is 29.3 Å². The minimum Gasteiger partial charge on any atom is -0.466 e. The molecule has 5 nitrogen and oxygen atoms in total. The Kier molecular flexibility index (Phi) is 14.2. The average molecular weight is 167 g/mol. The number of hydrogen-bond acceptors (Lipinski definition) is 4. The minimum atomic E-state index is -0.593. The summed E-state index contributed by atoms with van der Waals surface area (Å²) >= 11 is 0. The maximum atomic E-state index is 10.5. The van der Waals surface area contributed by atoms with Gasteiger partial charge in [0.2, 0.25) is 0 Å². The first-order valence-corrected chi connectivity index (χ1v) is 3.00. The van der Waals surface area contributed by atoms with Crippen molar-refractivity contribution in [2.24, 2.45) is 0 Å². The third-order valence-corrected chi connectivity index (χ3v) is 0.767. The largest absolute Gasteiger partial charge is 0.466 e. The second kappa shape index (κ2) is 9.35. The van der Waals surface area contributed by atoms with Crippen LogP contribution in [0.3, 0.4) is 0 Å². The molecule has 11 heavy (non-hydrogen) atoms. The molecule has 0 fully saturated rings. The molecule has 0 bridgehead atoms. The Morgan fingerprint density at radius 2 is 2.09 bits per heavy atom. The van der Waals surface area contributed by atoms with E-state index in [1.807, 2.05) is 0 Å². The molecule has 0 saturated heterocycles. The number of aliphatic hydroxyl groups is 1. The molecule has 70 valence electrons. The summed E-state index contributed by atoms with van der Waals surface area (Å²) in [7, 11) is 0. The maximum absolute atomic E-state index is 10.5. The monoisotopic (exact) mass is 167 g/mol. The summed E-state index contributed by atoms with van der Waals surface area (Å²) in [5.41, 5.74) is 0. The van der Waals surface area contributed by atoms with Crippen LogP contribution < -0.4 is 6.15 Å². The zero-order chi connectivity index (χ0) is 7.28. The fourth-order valence-corrected chi connectivity index (χ4v) is 0.461. The SMILES string of the molecule is CCOC(=O)CC(C)O.N.O. The summed E-state index contributed by atoms with van der Waals surface area (Å²) in [6.07, 6.45) is -0.502. The molecule has 0 aromatic carbocycles. The first-order chi connectivity index (χ1) is 4.16. The van der Waals surface area contributed by atoms with Gasteiger partial charge in [-0.15, -0.1) is 0 Å². The van der Waals surface area contributed by atoms with Crippen LogP contribution in [0.1, 0.15) is 20.3 Å². The fourth-order valence-electron chi connectivity index (χ4n) is 0.461. The van der Waals surface area contributed by atoms with E-state index >= 15 is 0 Å². The third-order valence-electron chi connectivity index (χ3n) is 0.767. The second-order valence-electron chi connectivity index (χ2n) is 1.86. The van der Waals surface area contributed by atoms with Crippen molar-refractivity contribution in [3.05, 3.63) is 0 Å². The highest BCUT2D eigenvalue weighted by Gasteiger charge is 2.04. The van der Waals surface area contributed by atoms with E-state index in [2.05, 4.69) is 4.74 Å². The first kappa shape index (κ1) is 16.7. The highest BCUT2D eigenvalue weighted by atomic mass is 16.5. The van der Waals surface area contributed by atoms with Crippen molar-refractivity contribution >= 4 is 5.97 Å². The number of hydrogen-bond donors (Lipinski definition) is 2.